The molecule has 3 nitrogen and oxygen atoms in total. The van der Waals surface area contributed by atoms with E-state index in [4.69, 9.17) is 22.2 Å². The molecule has 0 bridgehead atoms. The van der Waals surface area contributed by atoms with Gasteiger partial charge in [-0.25, -0.2) is 0 Å². The lowest BCUT2D eigenvalue weighted by Crippen LogP contribution is -2.39. The molecule has 0 fully saturated rings. The maximum atomic E-state index is 5.82. The molecule has 0 aliphatic rings. The SMILES string of the molecule is NNC(CCc1ccsc1)COc1ccc(Cl)cc1. The molecule has 1 unspecified atom stereocenters. The van der Waals surface area contributed by atoms with Gasteiger partial charge in [0.25, 0.3) is 0 Å². The van der Waals surface area contributed by atoms with Crippen molar-refractivity contribution in [2.24, 2.45) is 5.84 Å². The molecule has 1 heterocycles. The highest BCUT2D eigenvalue weighted by Gasteiger charge is 2.08. The molecule has 1 aromatic carbocycles. The maximum Gasteiger partial charge on any atom is 0.119 e. The number of ether oxygens (including phenoxy) is 1. The number of halogens is 1. The molecule has 0 spiro atoms. The van der Waals surface area contributed by atoms with E-state index in [9.17, 15) is 0 Å². The zero-order valence-corrected chi connectivity index (χ0v) is 12.1. The molecule has 3 N–H and O–H groups in total. The van der Waals surface area contributed by atoms with E-state index in [-0.39, 0.29) is 6.04 Å². The lowest BCUT2D eigenvalue weighted by atomic mass is 10.1. The number of benzene rings is 1. The van der Waals surface area contributed by atoms with Gasteiger partial charge in [0.15, 0.2) is 0 Å². The van der Waals surface area contributed by atoms with Crippen LogP contribution >= 0.6 is 22.9 Å². The van der Waals surface area contributed by atoms with E-state index in [2.05, 4.69) is 22.3 Å². The fourth-order valence-electron chi connectivity index (χ4n) is 1.72. The van der Waals surface area contributed by atoms with Gasteiger partial charge >= 0.3 is 0 Å². The quantitative estimate of drug-likeness (QED) is 0.609. The van der Waals surface area contributed by atoms with E-state index in [0.29, 0.717) is 11.6 Å². The summed E-state index contributed by atoms with van der Waals surface area (Å²) in [5.74, 6) is 6.36. The number of hydrazine groups is 1. The van der Waals surface area contributed by atoms with Crippen LogP contribution < -0.4 is 16.0 Å². The number of hydrogen-bond donors (Lipinski definition) is 2. The second-order valence-corrected chi connectivity index (χ2v) is 5.52. The van der Waals surface area contributed by atoms with Crippen LogP contribution in [0.4, 0.5) is 0 Å². The van der Waals surface area contributed by atoms with E-state index in [1.165, 1.54) is 5.56 Å². The number of aryl methyl sites for hydroxylation is 1. The van der Waals surface area contributed by atoms with Crippen molar-refractivity contribution in [2.45, 2.75) is 18.9 Å². The molecular weight excluding hydrogens is 280 g/mol. The molecule has 19 heavy (non-hydrogen) atoms. The highest BCUT2D eigenvalue weighted by Crippen LogP contribution is 2.16. The first-order chi connectivity index (χ1) is 9.28. The van der Waals surface area contributed by atoms with Gasteiger partial charge in [-0.1, -0.05) is 11.6 Å². The summed E-state index contributed by atoms with van der Waals surface area (Å²) in [6, 6.07) is 9.61. The Hall–Kier alpha value is -1.07. The Morgan fingerprint density at radius 3 is 2.68 bits per heavy atom. The molecule has 0 saturated heterocycles. The van der Waals surface area contributed by atoms with Gasteiger partial charge in [0.1, 0.15) is 12.4 Å². The van der Waals surface area contributed by atoms with Gasteiger partial charge < -0.3 is 4.74 Å². The van der Waals surface area contributed by atoms with E-state index in [1.807, 2.05) is 24.3 Å². The number of nitrogens with two attached hydrogens (primary N) is 1. The molecule has 0 amide bonds. The van der Waals surface area contributed by atoms with E-state index in [1.54, 1.807) is 11.3 Å². The lowest BCUT2D eigenvalue weighted by Gasteiger charge is -2.16. The highest BCUT2D eigenvalue weighted by molar-refractivity contribution is 7.07. The van der Waals surface area contributed by atoms with Crippen molar-refractivity contribution in [1.29, 1.82) is 0 Å². The third-order valence-corrected chi connectivity index (χ3v) is 3.85. The summed E-state index contributed by atoms with van der Waals surface area (Å²) in [5, 5.41) is 4.95. The zero-order chi connectivity index (χ0) is 13.5. The van der Waals surface area contributed by atoms with Gasteiger partial charge in [0.2, 0.25) is 0 Å². The molecule has 1 atom stereocenters. The summed E-state index contributed by atoms with van der Waals surface area (Å²) >= 11 is 7.54. The Morgan fingerprint density at radius 2 is 2.05 bits per heavy atom. The predicted molar refractivity (Wildman–Crippen MR) is 80.7 cm³/mol. The van der Waals surface area contributed by atoms with Gasteiger partial charge in [-0.2, -0.15) is 11.3 Å². The lowest BCUT2D eigenvalue weighted by molar-refractivity contribution is 0.258. The third kappa shape index (κ3) is 4.84. The summed E-state index contributed by atoms with van der Waals surface area (Å²) in [6.07, 6.45) is 1.95. The summed E-state index contributed by atoms with van der Waals surface area (Å²) in [4.78, 5) is 0. The van der Waals surface area contributed by atoms with Gasteiger partial charge in [-0.15, -0.1) is 0 Å². The van der Waals surface area contributed by atoms with Crippen molar-refractivity contribution in [3.63, 3.8) is 0 Å². The number of thiophene rings is 1. The smallest absolute Gasteiger partial charge is 0.119 e. The predicted octanol–water partition coefficient (Wildman–Crippen LogP) is 3.25. The Bertz CT molecular complexity index is 473. The van der Waals surface area contributed by atoms with Crippen LogP contribution in [0.5, 0.6) is 5.75 Å². The highest BCUT2D eigenvalue weighted by atomic mass is 35.5. The molecule has 0 aliphatic carbocycles. The van der Waals surface area contributed by atoms with Crippen LogP contribution in [0.25, 0.3) is 0 Å². The van der Waals surface area contributed by atoms with Crippen LogP contribution in [-0.2, 0) is 6.42 Å². The Labute approximate surface area is 122 Å². The largest absolute Gasteiger partial charge is 0.492 e. The van der Waals surface area contributed by atoms with Gasteiger partial charge in [0.05, 0.1) is 6.04 Å². The number of hydrogen-bond acceptors (Lipinski definition) is 4. The molecule has 0 saturated carbocycles. The Kier molecular flexibility index (Phi) is 5.66. The van der Waals surface area contributed by atoms with Crippen LogP contribution in [0.3, 0.4) is 0 Å². The second kappa shape index (κ2) is 7.50. The molecule has 1 aromatic heterocycles. The first-order valence-corrected chi connectivity index (χ1v) is 7.45. The van der Waals surface area contributed by atoms with Crippen molar-refractivity contribution < 1.29 is 4.74 Å². The maximum absolute atomic E-state index is 5.82. The van der Waals surface area contributed by atoms with Crippen molar-refractivity contribution in [1.82, 2.24) is 5.43 Å². The molecule has 0 aliphatic heterocycles. The van der Waals surface area contributed by atoms with Crippen LogP contribution in [0, 0.1) is 0 Å². The topological polar surface area (TPSA) is 47.3 Å². The van der Waals surface area contributed by atoms with Crippen molar-refractivity contribution in [2.75, 3.05) is 6.61 Å². The van der Waals surface area contributed by atoms with Crippen LogP contribution in [0.2, 0.25) is 5.02 Å². The molecule has 0 radical (unpaired) electrons. The minimum absolute atomic E-state index is 0.135. The molecule has 2 aromatic rings. The minimum atomic E-state index is 0.135. The fourth-order valence-corrected chi connectivity index (χ4v) is 2.55. The van der Waals surface area contributed by atoms with Gasteiger partial charge in [0, 0.05) is 5.02 Å². The first-order valence-electron chi connectivity index (χ1n) is 6.13. The number of nitrogens with one attached hydrogen (secondary N) is 1. The van der Waals surface area contributed by atoms with Crippen molar-refractivity contribution >= 4 is 22.9 Å². The zero-order valence-electron chi connectivity index (χ0n) is 10.5. The van der Waals surface area contributed by atoms with E-state index in [0.717, 1.165) is 18.6 Å². The first kappa shape index (κ1) is 14.3. The normalized spacial score (nSPS) is 12.3. The molecule has 2 rings (SSSR count). The van der Waals surface area contributed by atoms with Gasteiger partial charge in [-0.05, 0) is 59.5 Å². The molecule has 102 valence electrons. The fraction of sp³-hybridized carbons (Fsp3) is 0.286. The average Bonchev–Trinajstić information content (AvgIpc) is 2.94. The monoisotopic (exact) mass is 296 g/mol. The van der Waals surface area contributed by atoms with Crippen LogP contribution in [0.1, 0.15) is 12.0 Å². The third-order valence-electron chi connectivity index (χ3n) is 2.86. The van der Waals surface area contributed by atoms with Crippen molar-refractivity contribution in [3.8, 4) is 5.75 Å². The van der Waals surface area contributed by atoms with Gasteiger partial charge in [-0.3, -0.25) is 11.3 Å². The number of rotatable bonds is 7. The summed E-state index contributed by atoms with van der Waals surface area (Å²) in [5.41, 5.74) is 4.14. The standard InChI is InChI=1S/C14H17ClN2OS/c15-12-2-5-14(6-3-12)18-9-13(17-16)4-1-11-7-8-19-10-11/h2-3,5-8,10,13,17H,1,4,9,16H2. The summed E-state index contributed by atoms with van der Waals surface area (Å²) in [6.45, 7) is 0.544. The van der Waals surface area contributed by atoms with Crippen molar-refractivity contribution in [3.05, 3.63) is 51.7 Å². The minimum Gasteiger partial charge on any atom is -0.492 e. The Morgan fingerprint density at radius 1 is 1.26 bits per heavy atom. The molecular formula is C14H17ClN2OS. The van der Waals surface area contributed by atoms with Crippen LogP contribution in [-0.4, -0.2) is 12.6 Å². The second-order valence-electron chi connectivity index (χ2n) is 4.30. The van der Waals surface area contributed by atoms with Crippen LogP contribution in [0.15, 0.2) is 41.1 Å². The Balaban J connectivity index is 1.77. The van der Waals surface area contributed by atoms with E-state index >= 15 is 0 Å². The van der Waals surface area contributed by atoms with E-state index < -0.39 is 0 Å². The summed E-state index contributed by atoms with van der Waals surface area (Å²) < 4.78 is 5.69. The summed E-state index contributed by atoms with van der Waals surface area (Å²) in [7, 11) is 0. The molecule has 5 heteroatoms. The average molecular weight is 297 g/mol.